The summed E-state index contributed by atoms with van der Waals surface area (Å²) in [6.07, 6.45) is 3.65. The number of pyridine rings is 1. The fraction of sp³-hybridized carbons (Fsp3) is 0.429. The number of carbonyl (C=O) groups is 2. The summed E-state index contributed by atoms with van der Waals surface area (Å²) in [6, 6.07) is 3.87. The van der Waals surface area contributed by atoms with Crippen LogP contribution in [0.15, 0.2) is 18.3 Å². The third-order valence-corrected chi connectivity index (χ3v) is 6.27. The van der Waals surface area contributed by atoms with Crippen LogP contribution >= 0.6 is 11.3 Å². The Labute approximate surface area is 179 Å². The third kappa shape index (κ3) is 4.22. The lowest BCUT2D eigenvalue weighted by atomic mass is 10.2. The summed E-state index contributed by atoms with van der Waals surface area (Å²) in [6.45, 7) is 6.11. The Hall–Kier alpha value is -2.78. The van der Waals surface area contributed by atoms with Crippen LogP contribution in [0.1, 0.15) is 45.2 Å². The Balaban J connectivity index is 1.27. The monoisotopic (exact) mass is 426 g/mol. The minimum Gasteiger partial charge on any atom is -0.351 e. The Kier molecular flexibility index (Phi) is 5.83. The molecule has 9 heteroatoms. The predicted molar refractivity (Wildman–Crippen MR) is 117 cm³/mol. The summed E-state index contributed by atoms with van der Waals surface area (Å²) in [5, 5.41) is 6.46. The van der Waals surface area contributed by atoms with Gasteiger partial charge in [0.05, 0.1) is 11.4 Å². The maximum Gasteiger partial charge on any atom is 0.270 e. The van der Waals surface area contributed by atoms with Crippen molar-refractivity contribution in [3.05, 3.63) is 45.9 Å². The van der Waals surface area contributed by atoms with Crippen LogP contribution in [0.5, 0.6) is 0 Å². The standard InChI is InChI=1S/C21H26N6O2S/c1-13-6-5-10-27-18(14(2)23-19(13)27)20(29)22-9-4-7-17(28)25-21-24-15-8-11-26(3)12-16(15)30-21/h5-6,10H,4,7-9,11-12H2,1-3H3,(H,22,29)(H,24,25,28). The van der Waals surface area contributed by atoms with Crippen molar-refractivity contribution in [1.82, 2.24) is 24.6 Å². The minimum absolute atomic E-state index is 0.0784. The highest BCUT2D eigenvalue weighted by atomic mass is 32.1. The van der Waals surface area contributed by atoms with Gasteiger partial charge in [-0.25, -0.2) is 9.97 Å². The SMILES string of the molecule is Cc1nc2c(C)cccn2c1C(=O)NCCCC(=O)Nc1nc2c(s1)CN(C)CC2. The zero-order valence-corrected chi connectivity index (χ0v) is 18.3. The number of rotatable bonds is 6. The Bertz CT molecular complexity index is 1100. The summed E-state index contributed by atoms with van der Waals surface area (Å²) >= 11 is 1.55. The number of fused-ring (bicyclic) bond motifs is 2. The molecule has 8 nitrogen and oxygen atoms in total. The number of likely N-dealkylation sites (N-methyl/N-ethyl adjacent to an activating group) is 1. The van der Waals surface area contributed by atoms with Crippen molar-refractivity contribution in [2.45, 2.75) is 39.7 Å². The number of carbonyl (C=O) groups excluding carboxylic acids is 2. The number of imidazole rings is 1. The quantitative estimate of drug-likeness (QED) is 0.591. The molecule has 3 aromatic rings. The second-order valence-electron chi connectivity index (χ2n) is 7.71. The topological polar surface area (TPSA) is 91.6 Å². The molecule has 4 rings (SSSR count). The van der Waals surface area contributed by atoms with Gasteiger partial charge in [0.2, 0.25) is 5.91 Å². The van der Waals surface area contributed by atoms with Crippen LogP contribution in [-0.2, 0) is 17.8 Å². The van der Waals surface area contributed by atoms with E-state index in [0.717, 1.165) is 36.4 Å². The largest absolute Gasteiger partial charge is 0.351 e. The lowest BCUT2D eigenvalue weighted by molar-refractivity contribution is -0.116. The number of hydrogen-bond donors (Lipinski definition) is 2. The maximum absolute atomic E-state index is 12.6. The fourth-order valence-electron chi connectivity index (χ4n) is 3.68. The van der Waals surface area contributed by atoms with E-state index >= 15 is 0 Å². The molecule has 0 unspecified atom stereocenters. The van der Waals surface area contributed by atoms with Gasteiger partial charge < -0.3 is 15.5 Å². The number of aromatic nitrogens is 3. The molecular weight excluding hydrogens is 400 g/mol. The molecule has 3 aromatic heterocycles. The van der Waals surface area contributed by atoms with Crippen molar-refractivity contribution >= 4 is 33.9 Å². The molecule has 4 heterocycles. The Morgan fingerprint density at radius 1 is 1.27 bits per heavy atom. The summed E-state index contributed by atoms with van der Waals surface area (Å²) in [5.74, 6) is -0.256. The van der Waals surface area contributed by atoms with Crippen LogP contribution in [-0.4, -0.2) is 51.2 Å². The van der Waals surface area contributed by atoms with Gasteiger partial charge in [-0.05, 0) is 38.9 Å². The van der Waals surface area contributed by atoms with E-state index in [1.165, 1.54) is 4.88 Å². The second kappa shape index (κ2) is 8.53. The van der Waals surface area contributed by atoms with Crippen LogP contribution in [0.3, 0.4) is 0 Å². The molecule has 1 aliphatic heterocycles. The van der Waals surface area contributed by atoms with Gasteiger partial charge in [0.1, 0.15) is 11.3 Å². The van der Waals surface area contributed by atoms with E-state index in [2.05, 4.69) is 32.5 Å². The molecule has 2 amide bonds. The number of nitrogens with one attached hydrogen (secondary N) is 2. The van der Waals surface area contributed by atoms with E-state index in [-0.39, 0.29) is 11.8 Å². The number of thiazole rings is 1. The first kappa shape index (κ1) is 20.5. The van der Waals surface area contributed by atoms with Gasteiger partial charge in [0, 0.05) is 43.5 Å². The molecule has 0 fully saturated rings. The van der Waals surface area contributed by atoms with Gasteiger partial charge in [-0.2, -0.15) is 0 Å². The van der Waals surface area contributed by atoms with Gasteiger partial charge in [-0.15, -0.1) is 11.3 Å². The van der Waals surface area contributed by atoms with Gasteiger partial charge in [0.15, 0.2) is 5.13 Å². The van der Waals surface area contributed by atoms with Crippen molar-refractivity contribution < 1.29 is 9.59 Å². The lowest BCUT2D eigenvalue weighted by Crippen LogP contribution is -2.27. The van der Waals surface area contributed by atoms with Crippen molar-refractivity contribution in [3.63, 3.8) is 0 Å². The molecule has 1 aliphatic rings. The first-order valence-electron chi connectivity index (χ1n) is 10.1. The first-order chi connectivity index (χ1) is 14.4. The molecule has 0 radical (unpaired) electrons. The average Bonchev–Trinajstić information content (AvgIpc) is 3.25. The number of hydrogen-bond acceptors (Lipinski definition) is 6. The van der Waals surface area contributed by atoms with E-state index in [1.807, 2.05) is 36.6 Å². The molecule has 0 atom stereocenters. The van der Waals surface area contributed by atoms with Crippen molar-refractivity contribution in [1.29, 1.82) is 0 Å². The predicted octanol–water partition coefficient (Wildman–Crippen LogP) is 2.54. The van der Waals surface area contributed by atoms with Crippen molar-refractivity contribution in [3.8, 4) is 0 Å². The van der Waals surface area contributed by atoms with E-state index in [4.69, 9.17) is 0 Å². The smallest absolute Gasteiger partial charge is 0.270 e. The normalized spacial score (nSPS) is 14.0. The molecule has 0 aliphatic carbocycles. The van der Waals surface area contributed by atoms with E-state index in [0.29, 0.717) is 35.9 Å². The summed E-state index contributed by atoms with van der Waals surface area (Å²) in [4.78, 5) is 37.4. The van der Waals surface area contributed by atoms with Crippen LogP contribution in [0.25, 0.3) is 5.65 Å². The molecule has 0 spiro atoms. The van der Waals surface area contributed by atoms with E-state index in [9.17, 15) is 9.59 Å². The number of amides is 2. The highest BCUT2D eigenvalue weighted by Crippen LogP contribution is 2.27. The molecule has 0 aromatic carbocycles. The molecule has 0 saturated carbocycles. The Morgan fingerprint density at radius 3 is 2.93 bits per heavy atom. The molecule has 0 saturated heterocycles. The zero-order valence-electron chi connectivity index (χ0n) is 17.5. The lowest BCUT2D eigenvalue weighted by Gasteiger charge is -2.20. The van der Waals surface area contributed by atoms with Crippen LogP contribution in [0.4, 0.5) is 5.13 Å². The minimum atomic E-state index is -0.178. The summed E-state index contributed by atoms with van der Waals surface area (Å²) < 4.78 is 1.81. The molecule has 30 heavy (non-hydrogen) atoms. The maximum atomic E-state index is 12.6. The summed E-state index contributed by atoms with van der Waals surface area (Å²) in [7, 11) is 2.09. The van der Waals surface area contributed by atoms with Crippen LogP contribution in [0, 0.1) is 13.8 Å². The molecule has 0 bridgehead atoms. The molecular formula is C21H26N6O2S. The molecule has 158 valence electrons. The summed E-state index contributed by atoms with van der Waals surface area (Å²) in [5.41, 5.74) is 4.14. The van der Waals surface area contributed by atoms with Gasteiger partial charge in [0.25, 0.3) is 5.91 Å². The highest BCUT2D eigenvalue weighted by Gasteiger charge is 2.19. The zero-order chi connectivity index (χ0) is 21.3. The van der Waals surface area contributed by atoms with Gasteiger partial charge in [-0.3, -0.25) is 14.0 Å². The van der Waals surface area contributed by atoms with Gasteiger partial charge in [-0.1, -0.05) is 6.07 Å². The van der Waals surface area contributed by atoms with E-state index < -0.39 is 0 Å². The highest BCUT2D eigenvalue weighted by molar-refractivity contribution is 7.15. The Morgan fingerprint density at radius 2 is 2.10 bits per heavy atom. The number of aryl methyl sites for hydroxylation is 2. The number of anilines is 1. The van der Waals surface area contributed by atoms with Crippen LogP contribution < -0.4 is 10.6 Å². The van der Waals surface area contributed by atoms with E-state index in [1.54, 1.807) is 11.3 Å². The molecule has 2 N–H and O–H groups in total. The van der Waals surface area contributed by atoms with Crippen molar-refractivity contribution in [2.75, 3.05) is 25.5 Å². The van der Waals surface area contributed by atoms with Crippen LogP contribution in [0.2, 0.25) is 0 Å². The fourth-order valence-corrected chi connectivity index (χ4v) is 4.79. The van der Waals surface area contributed by atoms with Crippen molar-refractivity contribution in [2.24, 2.45) is 0 Å². The third-order valence-electron chi connectivity index (χ3n) is 5.27. The van der Waals surface area contributed by atoms with Gasteiger partial charge >= 0.3 is 0 Å². The first-order valence-corrected chi connectivity index (χ1v) is 10.9. The average molecular weight is 427 g/mol. The number of nitrogens with zero attached hydrogens (tertiary/aromatic N) is 4. The second-order valence-corrected chi connectivity index (χ2v) is 8.80.